The summed E-state index contributed by atoms with van der Waals surface area (Å²) in [5.74, 6) is -1.24. The van der Waals surface area contributed by atoms with E-state index in [1.165, 1.54) is 12.1 Å². The third kappa shape index (κ3) is 2.95. The predicted molar refractivity (Wildman–Crippen MR) is 87.2 cm³/mol. The number of anilines is 3. The molecule has 3 rings (SSSR count). The summed E-state index contributed by atoms with van der Waals surface area (Å²) in [6.45, 7) is 0.141. The van der Waals surface area contributed by atoms with Crippen LogP contribution in [0, 0.1) is 0 Å². The van der Waals surface area contributed by atoms with Crippen LogP contribution < -0.4 is 15.8 Å². The van der Waals surface area contributed by atoms with E-state index in [-0.39, 0.29) is 17.8 Å². The van der Waals surface area contributed by atoms with Gasteiger partial charge in [0.2, 0.25) is 16.0 Å². The second kappa shape index (κ2) is 5.48. The molecule has 0 saturated heterocycles. The minimum Gasteiger partial charge on any atom is -0.383 e. The number of benzene rings is 1. The number of nitrogens with two attached hydrogens (primary N) is 2. The lowest BCUT2D eigenvalue weighted by atomic mass is 10.0. The summed E-state index contributed by atoms with van der Waals surface area (Å²) in [6.07, 6.45) is -3.45. The summed E-state index contributed by atoms with van der Waals surface area (Å²) in [5, 5.41) is 0. The van der Waals surface area contributed by atoms with Crippen molar-refractivity contribution in [1.29, 1.82) is 0 Å². The summed E-state index contributed by atoms with van der Waals surface area (Å²) in [5.41, 5.74) is 9.88. The summed E-state index contributed by atoms with van der Waals surface area (Å²) in [4.78, 5) is 7.09. The molecule has 0 saturated carbocycles. The lowest BCUT2D eigenvalue weighted by Gasteiger charge is -2.21. The highest BCUT2D eigenvalue weighted by atomic mass is 32.2. The second-order valence-electron chi connectivity index (χ2n) is 5.59. The van der Waals surface area contributed by atoms with Crippen LogP contribution in [0.3, 0.4) is 0 Å². The molecule has 0 fully saturated rings. The highest BCUT2D eigenvalue weighted by Crippen LogP contribution is 2.45. The van der Waals surface area contributed by atoms with Gasteiger partial charge >= 0.3 is 6.18 Å². The number of hydrogen-bond acceptors (Lipinski definition) is 6. The van der Waals surface area contributed by atoms with E-state index < -0.39 is 39.2 Å². The van der Waals surface area contributed by atoms with Crippen LogP contribution in [0.2, 0.25) is 0 Å². The van der Waals surface area contributed by atoms with E-state index in [4.69, 9.17) is 11.5 Å². The van der Waals surface area contributed by atoms with Crippen molar-refractivity contribution in [3.8, 4) is 11.3 Å². The number of aromatic nitrogens is 2. The van der Waals surface area contributed by atoms with Crippen LogP contribution in [0.15, 0.2) is 18.2 Å². The highest BCUT2D eigenvalue weighted by molar-refractivity contribution is 7.92. The Morgan fingerprint density at radius 3 is 2.48 bits per heavy atom. The Morgan fingerprint density at radius 2 is 1.88 bits per heavy atom. The number of fused-ring (bicyclic) bond motifs is 1. The van der Waals surface area contributed by atoms with E-state index >= 15 is 0 Å². The molecule has 1 aliphatic heterocycles. The monoisotopic (exact) mass is 373 g/mol. The minimum atomic E-state index is -4.83. The Labute approximate surface area is 141 Å². The Morgan fingerprint density at radius 1 is 1.20 bits per heavy atom. The summed E-state index contributed by atoms with van der Waals surface area (Å²) in [6, 6.07) is 4.55. The first kappa shape index (κ1) is 17.3. The number of nitrogen functional groups attached to an aromatic ring is 2. The van der Waals surface area contributed by atoms with Gasteiger partial charge in [-0.2, -0.15) is 18.2 Å². The SMILES string of the molecule is CS(=O)(=O)N1CCc2cccc(-c3nc(N)nc(N)c3C(F)(F)F)c21. The zero-order chi connectivity index (χ0) is 18.6. The molecular weight excluding hydrogens is 359 g/mol. The van der Waals surface area contributed by atoms with Gasteiger partial charge in [-0.05, 0) is 12.0 Å². The van der Waals surface area contributed by atoms with Gasteiger partial charge in [-0.3, -0.25) is 4.31 Å². The number of alkyl halides is 3. The highest BCUT2D eigenvalue weighted by Gasteiger charge is 2.40. The van der Waals surface area contributed by atoms with Gasteiger partial charge in [0.1, 0.15) is 11.4 Å². The Kier molecular flexibility index (Phi) is 3.78. The standard InChI is InChI=1S/C14H14F3N5O2S/c1-25(23,24)22-6-5-7-3-2-4-8(11(7)22)10-9(14(15,16)17)12(18)21-13(19)20-10/h2-4H,5-6H2,1H3,(H4,18,19,20,21). The number of rotatable bonds is 2. The molecule has 0 unspecified atom stereocenters. The number of halogens is 3. The molecule has 0 atom stereocenters. The molecular formula is C14H14F3N5O2S. The fourth-order valence-corrected chi connectivity index (χ4v) is 3.88. The summed E-state index contributed by atoms with van der Waals surface area (Å²) < 4.78 is 65.5. The fourth-order valence-electron chi connectivity index (χ4n) is 2.91. The van der Waals surface area contributed by atoms with Crippen LogP contribution in [-0.4, -0.2) is 31.2 Å². The Balaban J connectivity index is 2.36. The topological polar surface area (TPSA) is 115 Å². The molecule has 0 spiro atoms. The third-order valence-corrected chi connectivity index (χ3v) is 5.01. The maximum absolute atomic E-state index is 13.5. The van der Waals surface area contributed by atoms with E-state index in [1.54, 1.807) is 6.07 Å². The Hall–Kier alpha value is -2.56. The fraction of sp³-hybridized carbons (Fsp3) is 0.286. The van der Waals surface area contributed by atoms with Crippen molar-refractivity contribution in [2.24, 2.45) is 0 Å². The van der Waals surface area contributed by atoms with Crippen molar-refractivity contribution in [2.45, 2.75) is 12.6 Å². The zero-order valence-electron chi connectivity index (χ0n) is 13.0. The van der Waals surface area contributed by atoms with Gasteiger partial charge in [-0.25, -0.2) is 13.4 Å². The van der Waals surface area contributed by atoms with Crippen LogP contribution in [0.5, 0.6) is 0 Å². The molecule has 2 aromatic rings. The van der Waals surface area contributed by atoms with Gasteiger partial charge in [0.05, 0.1) is 17.6 Å². The largest absolute Gasteiger partial charge is 0.422 e. The van der Waals surface area contributed by atoms with Crippen molar-refractivity contribution < 1.29 is 21.6 Å². The molecule has 1 aromatic heterocycles. The van der Waals surface area contributed by atoms with Gasteiger partial charge in [-0.1, -0.05) is 18.2 Å². The van der Waals surface area contributed by atoms with Gasteiger partial charge in [-0.15, -0.1) is 0 Å². The lowest BCUT2D eigenvalue weighted by molar-refractivity contribution is -0.136. The average Bonchev–Trinajstić information content (AvgIpc) is 2.88. The van der Waals surface area contributed by atoms with E-state index in [1.807, 2.05) is 0 Å². The first-order valence-corrected chi connectivity index (χ1v) is 8.95. The number of sulfonamides is 1. The van der Waals surface area contributed by atoms with Crippen LogP contribution >= 0.6 is 0 Å². The smallest absolute Gasteiger partial charge is 0.383 e. The van der Waals surface area contributed by atoms with E-state index in [2.05, 4.69) is 9.97 Å². The minimum absolute atomic E-state index is 0.00597. The molecule has 11 heteroatoms. The van der Waals surface area contributed by atoms with Gasteiger partial charge in [0, 0.05) is 12.1 Å². The average molecular weight is 373 g/mol. The maximum atomic E-state index is 13.5. The van der Waals surface area contributed by atoms with Crippen LogP contribution in [-0.2, 0) is 22.6 Å². The first-order valence-electron chi connectivity index (χ1n) is 7.10. The van der Waals surface area contributed by atoms with Crippen LogP contribution in [0.1, 0.15) is 11.1 Å². The van der Waals surface area contributed by atoms with Crippen LogP contribution in [0.25, 0.3) is 11.3 Å². The lowest BCUT2D eigenvalue weighted by Crippen LogP contribution is -2.28. The number of hydrogen-bond donors (Lipinski definition) is 2. The molecule has 0 bridgehead atoms. The molecule has 0 amide bonds. The van der Waals surface area contributed by atoms with Gasteiger partial charge < -0.3 is 11.5 Å². The molecule has 25 heavy (non-hydrogen) atoms. The van der Waals surface area contributed by atoms with E-state index in [9.17, 15) is 21.6 Å². The van der Waals surface area contributed by atoms with Crippen molar-refractivity contribution in [3.05, 3.63) is 29.3 Å². The summed E-state index contributed by atoms with van der Waals surface area (Å²) in [7, 11) is -3.67. The molecule has 7 nitrogen and oxygen atoms in total. The quantitative estimate of drug-likeness (QED) is 0.827. The van der Waals surface area contributed by atoms with Crippen LogP contribution in [0.4, 0.5) is 30.6 Å². The van der Waals surface area contributed by atoms with Gasteiger partial charge in [0.25, 0.3) is 0 Å². The molecule has 4 N–H and O–H groups in total. The normalized spacial score (nSPS) is 14.6. The molecule has 0 radical (unpaired) electrons. The molecule has 134 valence electrons. The molecule has 0 aliphatic carbocycles. The second-order valence-corrected chi connectivity index (χ2v) is 7.49. The van der Waals surface area contributed by atoms with Crippen molar-refractivity contribution in [2.75, 3.05) is 28.6 Å². The van der Waals surface area contributed by atoms with Gasteiger partial charge in [0.15, 0.2) is 0 Å². The summed E-state index contributed by atoms with van der Waals surface area (Å²) >= 11 is 0. The molecule has 2 heterocycles. The predicted octanol–water partition coefficient (Wildman–Crippen LogP) is 1.65. The number of para-hydroxylation sites is 1. The zero-order valence-corrected chi connectivity index (χ0v) is 13.8. The van der Waals surface area contributed by atoms with Crippen molar-refractivity contribution in [3.63, 3.8) is 0 Å². The maximum Gasteiger partial charge on any atom is 0.422 e. The number of nitrogens with zero attached hydrogens (tertiary/aromatic N) is 3. The van der Waals surface area contributed by atoms with E-state index in [0.717, 1.165) is 10.6 Å². The molecule has 1 aromatic carbocycles. The molecule has 1 aliphatic rings. The van der Waals surface area contributed by atoms with Crippen molar-refractivity contribution in [1.82, 2.24) is 9.97 Å². The Bertz CT molecular complexity index is 960. The van der Waals surface area contributed by atoms with Crippen molar-refractivity contribution >= 4 is 27.5 Å². The first-order chi connectivity index (χ1) is 11.5. The third-order valence-electron chi connectivity index (χ3n) is 3.85. The van der Waals surface area contributed by atoms with E-state index in [0.29, 0.717) is 12.0 Å².